The van der Waals surface area contributed by atoms with Crippen molar-refractivity contribution in [3.05, 3.63) is 44.9 Å². The fourth-order valence-corrected chi connectivity index (χ4v) is 6.55. The van der Waals surface area contributed by atoms with E-state index < -0.39 is 102 Å². The third-order valence-corrected chi connectivity index (χ3v) is 9.43. The molecule has 0 spiro atoms. The van der Waals surface area contributed by atoms with Crippen LogP contribution in [0.2, 0.25) is 0 Å². The molecule has 0 unspecified atom stereocenters. The molecule has 18 nitrogen and oxygen atoms in total. The number of H-pyrrole nitrogens is 1. The molecule has 0 radical (unpaired) electrons. The highest BCUT2D eigenvalue weighted by Gasteiger charge is 2.54. The van der Waals surface area contributed by atoms with Crippen molar-refractivity contribution >= 4 is 23.7 Å². The molecule has 2 fully saturated rings. The van der Waals surface area contributed by atoms with Crippen molar-refractivity contribution in [1.82, 2.24) is 20.2 Å². The molecule has 52 heavy (non-hydrogen) atoms. The van der Waals surface area contributed by atoms with E-state index in [1.54, 1.807) is 0 Å². The predicted octanol–water partition coefficient (Wildman–Crippen LogP) is -0.899. The second-order valence-corrected chi connectivity index (χ2v) is 13.5. The molecule has 8 N–H and O–H groups in total. The molecule has 1 aromatic heterocycles. The lowest BCUT2D eigenvalue weighted by atomic mass is 9.94. The standard InChI is InChI=1S/C34H51N5O13/c1-3-4-5-6-7-8-9-13-24(43)50-27-19(17-40)26(51-32(27)39-15-14-23(42)38-34(39)48)28(29(35)45)52-33-25(44)21(41)16-22(49-33)31(47)37-20-12-10-11-18(2)36-30(20)46/h14-16,18-21,25-28,32-33,40-41,44H,3-13,17H2,1-2H3,(H2,35,45)(H,36,46)(H,37,47)(H,38,42,48)/t18-,19-,20+,21+,25+,26+,27-,28-,32-,33-/m1/s1. The van der Waals surface area contributed by atoms with Crippen LogP contribution in [0.3, 0.4) is 0 Å². The second-order valence-electron chi connectivity index (χ2n) is 13.5. The van der Waals surface area contributed by atoms with Crippen LogP contribution in [0.25, 0.3) is 0 Å². The van der Waals surface area contributed by atoms with E-state index in [2.05, 4.69) is 22.5 Å². The Hall–Kier alpha value is -4.10. The van der Waals surface area contributed by atoms with Crippen LogP contribution in [0.15, 0.2) is 33.7 Å². The lowest BCUT2D eigenvalue weighted by molar-refractivity contribution is -0.239. The summed E-state index contributed by atoms with van der Waals surface area (Å²) < 4.78 is 24.0. The third kappa shape index (κ3) is 10.5. The summed E-state index contributed by atoms with van der Waals surface area (Å²) in [5.41, 5.74) is 4.05. The molecule has 1 aromatic rings. The quantitative estimate of drug-likeness (QED) is 0.0756. The van der Waals surface area contributed by atoms with Crippen LogP contribution in [0.5, 0.6) is 0 Å². The van der Waals surface area contributed by atoms with Gasteiger partial charge in [-0.25, -0.2) is 4.79 Å². The Morgan fingerprint density at radius 3 is 2.48 bits per heavy atom. The summed E-state index contributed by atoms with van der Waals surface area (Å²) in [6.45, 7) is 3.19. The van der Waals surface area contributed by atoms with E-state index in [9.17, 15) is 44.1 Å². The zero-order chi connectivity index (χ0) is 37.9. The monoisotopic (exact) mass is 737 g/mol. The Morgan fingerprint density at radius 2 is 1.81 bits per heavy atom. The molecule has 2 saturated heterocycles. The Labute approximate surface area is 300 Å². The lowest BCUT2D eigenvalue weighted by Gasteiger charge is -2.35. The van der Waals surface area contributed by atoms with Crippen molar-refractivity contribution in [2.24, 2.45) is 11.7 Å². The average molecular weight is 738 g/mol. The van der Waals surface area contributed by atoms with Crippen LogP contribution in [0, 0.1) is 5.92 Å². The summed E-state index contributed by atoms with van der Waals surface area (Å²) in [6, 6.07) is 0.0351. The van der Waals surface area contributed by atoms with Crippen LogP contribution in [-0.2, 0) is 38.1 Å². The van der Waals surface area contributed by atoms with Gasteiger partial charge < -0.3 is 50.6 Å². The molecule has 0 aromatic carbocycles. The van der Waals surface area contributed by atoms with Gasteiger partial charge in [0.25, 0.3) is 11.5 Å². The van der Waals surface area contributed by atoms with Gasteiger partial charge in [0.05, 0.1) is 12.5 Å². The number of hydrogen-bond acceptors (Lipinski definition) is 13. The minimum atomic E-state index is -1.91. The molecule has 18 heteroatoms. The first-order valence-corrected chi connectivity index (χ1v) is 17.9. The number of carbonyl (C=O) groups is 4. The first-order chi connectivity index (χ1) is 24.8. The topological polar surface area (TPSA) is 271 Å². The molecule has 4 rings (SSSR count). The number of aromatic nitrogens is 2. The van der Waals surface area contributed by atoms with Crippen LogP contribution >= 0.6 is 0 Å². The average Bonchev–Trinajstić information content (AvgIpc) is 3.35. The van der Waals surface area contributed by atoms with E-state index in [-0.39, 0.29) is 12.5 Å². The van der Waals surface area contributed by atoms with Gasteiger partial charge in [0.2, 0.25) is 18.1 Å². The number of nitrogens with one attached hydrogen (secondary N) is 3. The molecular formula is C34H51N5O13. The summed E-state index contributed by atoms with van der Waals surface area (Å²) in [6.07, 6.45) is -1.45. The molecule has 3 aliphatic rings. The minimum Gasteiger partial charge on any atom is -0.457 e. The largest absolute Gasteiger partial charge is 0.457 e. The van der Waals surface area contributed by atoms with Gasteiger partial charge in [0.1, 0.15) is 24.4 Å². The Morgan fingerprint density at radius 1 is 1.10 bits per heavy atom. The normalized spacial score (nSPS) is 29.6. The zero-order valence-electron chi connectivity index (χ0n) is 29.4. The molecule has 0 bridgehead atoms. The predicted molar refractivity (Wildman–Crippen MR) is 181 cm³/mol. The Kier molecular flexibility index (Phi) is 14.9. The number of aromatic amines is 1. The number of amides is 3. The Bertz CT molecular complexity index is 1550. The Balaban J connectivity index is 1.52. The van der Waals surface area contributed by atoms with E-state index in [4.69, 9.17) is 24.7 Å². The SMILES string of the molecule is CCCCCCCCCC(=O)O[C@@H]1[C@H](CO)[C@@H]([C@@H](O[C@H]2OC(C(=O)N[C@H]3CCC[C@@H](C)NC3=O)=C[C@H](O)[C@@H]2O)C(N)=O)O[C@H]1n1ccc(=O)[nH]c1=O. The molecule has 0 aliphatic carbocycles. The highest BCUT2D eigenvalue weighted by atomic mass is 16.7. The maximum absolute atomic E-state index is 13.1. The van der Waals surface area contributed by atoms with Gasteiger partial charge in [-0.2, -0.15) is 0 Å². The fourth-order valence-electron chi connectivity index (χ4n) is 6.55. The molecular weight excluding hydrogens is 686 g/mol. The summed E-state index contributed by atoms with van der Waals surface area (Å²) >= 11 is 0. The van der Waals surface area contributed by atoms with E-state index in [0.717, 1.165) is 61.4 Å². The van der Waals surface area contributed by atoms with Crippen molar-refractivity contribution in [2.45, 2.75) is 140 Å². The molecule has 3 amide bonds. The first-order valence-electron chi connectivity index (χ1n) is 17.9. The number of rotatable bonds is 17. The van der Waals surface area contributed by atoms with E-state index in [1.807, 2.05) is 6.92 Å². The van der Waals surface area contributed by atoms with Crippen molar-refractivity contribution in [2.75, 3.05) is 6.61 Å². The van der Waals surface area contributed by atoms with Gasteiger partial charge in [0.15, 0.2) is 24.2 Å². The maximum atomic E-state index is 13.1. The fraction of sp³-hybridized carbons (Fsp3) is 0.706. The van der Waals surface area contributed by atoms with Gasteiger partial charge in [-0.3, -0.25) is 33.5 Å². The second kappa shape index (κ2) is 19.1. The van der Waals surface area contributed by atoms with Crippen molar-refractivity contribution < 1.29 is 53.4 Å². The highest BCUT2D eigenvalue weighted by Crippen LogP contribution is 2.39. The number of aliphatic hydroxyl groups is 3. The van der Waals surface area contributed by atoms with Gasteiger partial charge in [-0.05, 0) is 38.7 Å². The third-order valence-electron chi connectivity index (χ3n) is 9.43. The van der Waals surface area contributed by atoms with Gasteiger partial charge >= 0.3 is 11.7 Å². The number of esters is 1. The van der Waals surface area contributed by atoms with Gasteiger partial charge in [-0.1, -0.05) is 45.4 Å². The number of primary amides is 1. The number of carbonyl (C=O) groups excluding carboxylic acids is 4. The van der Waals surface area contributed by atoms with E-state index in [0.29, 0.717) is 25.7 Å². The highest BCUT2D eigenvalue weighted by molar-refractivity contribution is 5.95. The maximum Gasteiger partial charge on any atom is 0.330 e. The first kappa shape index (κ1) is 40.7. The van der Waals surface area contributed by atoms with Crippen molar-refractivity contribution in [3.8, 4) is 0 Å². The molecule has 3 aliphatic heterocycles. The molecule has 10 atom stereocenters. The van der Waals surface area contributed by atoms with Gasteiger partial charge in [0, 0.05) is 24.7 Å². The van der Waals surface area contributed by atoms with Crippen LogP contribution in [0.1, 0.15) is 90.7 Å². The number of ether oxygens (including phenoxy) is 4. The van der Waals surface area contributed by atoms with E-state index in [1.165, 1.54) is 0 Å². The minimum absolute atomic E-state index is 0.0226. The summed E-state index contributed by atoms with van der Waals surface area (Å²) in [4.78, 5) is 78.4. The zero-order valence-corrected chi connectivity index (χ0v) is 29.4. The van der Waals surface area contributed by atoms with Crippen LogP contribution < -0.4 is 27.6 Å². The smallest absolute Gasteiger partial charge is 0.330 e. The summed E-state index contributed by atoms with van der Waals surface area (Å²) in [5, 5.41) is 37.2. The molecule has 4 heterocycles. The summed E-state index contributed by atoms with van der Waals surface area (Å²) in [5.74, 6) is -4.93. The lowest BCUT2D eigenvalue weighted by Crippen LogP contribution is -2.54. The number of unbranched alkanes of at least 4 members (excludes halogenated alkanes) is 6. The number of hydrogen-bond donors (Lipinski definition) is 7. The van der Waals surface area contributed by atoms with Crippen molar-refractivity contribution in [3.63, 3.8) is 0 Å². The van der Waals surface area contributed by atoms with Crippen LogP contribution in [0.4, 0.5) is 0 Å². The number of aliphatic hydroxyl groups excluding tert-OH is 3. The van der Waals surface area contributed by atoms with Crippen molar-refractivity contribution in [1.29, 1.82) is 0 Å². The van der Waals surface area contributed by atoms with E-state index >= 15 is 0 Å². The number of nitrogens with zero attached hydrogens (tertiary/aromatic N) is 1. The summed E-state index contributed by atoms with van der Waals surface area (Å²) in [7, 11) is 0. The van der Waals surface area contributed by atoms with Crippen LogP contribution in [-0.4, -0.2) is 104 Å². The number of nitrogens with two attached hydrogens (primary N) is 1. The molecule has 0 saturated carbocycles. The van der Waals surface area contributed by atoms with Gasteiger partial charge in [-0.15, -0.1) is 0 Å². The molecule has 290 valence electrons.